The van der Waals surface area contributed by atoms with Gasteiger partial charge in [-0.05, 0) is 12.1 Å². The van der Waals surface area contributed by atoms with E-state index in [0.29, 0.717) is 10.3 Å². The first kappa shape index (κ1) is 8.00. The van der Waals surface area contributed by atoms with Crippen LogP contribution in [0.5, 0.6) is 0 Å². The zero-order valence-electron chi connectivity index (χ0n) is 6.31. The molecule has 2 rings (SSSR count). The summed E-state index contributed by atoms with van der Waals surface area (Å²) in [6.45, 7) is 0. The fourth-order valence-corrected chi connectivity index (χ4v) is 1.84. The molecule has 13 heavy (non-hydrogen) atoms. The predicted molar refractivity (Wildman–Crippen MR) is 47.3 cm³/mol. The van der Waals surface area contributed by atoms with E-state index in [-0.39, 0.29) is 5.56 Å². The van der Waals surface area contributed by atoms with Crippen LogP contribution < -0.4 is 4.94 Å². The smallest absolute Gasteiger partial charge is 0.396 e. The summed E-state index contributed by atoms with van der Waals surface area (Å²) in [6, 6.07) is 4.55. The second kappa shape index (κ2) is 2.70. The summed E-state index contributed by atoms with van der Waals surface area (Å²) >= 11 is 0.804. The van der Waals surface area contributed by atoms with Gasteiger partial charge in [-0.2, -0.15) is 0 Å². The van der Waals surface area contributed by atoms with Gasteiger partial charge in [0.15, 0.2) is 0 Å². The van der Waals surface area contributed by atoms with Crippen molar-refractivity contribution in [3.8, 4) is 0 Å². The van der Waals surface area contributed by atoms with E-state index in [2.05, 4.69) is 0 Å². The van der Waals surface area contributed by atoms with Gasteiger partial charge in [-0.15, -0.1) is 0 Å². The van der Waals surface area contributed by atoms with E-state index in [0.717, 1.165) is 11.3 Å². The first-order valence-electron chi connectivity index (χ1n) is 3.44. The highest BCUT2D eigenvalue weighted by Gasteiger charge is 2.11. The number of fused-ring (bicyclic) bond motifs is 1. The van der Waals surface area contributed by atoms with Gasteiger partial charge in [0, 0.05) is 0 Å². The summed E-state index contributed by atoms with van der Waals surface area (Å²) in [4.78, 5) is 21.0. The van der Waals surface area contributed by atoms with E-state index >= 15 is 0 Å². The summed E-state index contributed by atoms with van der Waals surface area (Å²) in [6.07, 6.45) is 0. The molecule has 0 amide bonds. The number of benzene rings is 1. The van der Waals surface area contributed by atoms with Crippen LogP contribution in [-0.4, -0.2) is 11.1 Å². The second-order valence-corrected chi connectivity index (χ2v) is 3.34. The minimum Gasteiger partial charge on any atom is -0.478 e. The SMILES string of the molecule is O=C(O)c1cccc2oc(=O)sc12. The Morgan fingerprint density at radius 2 is 2.23 bits per heavy atom. The number of carbonyl (C=O) groups is 1. The lowest BCUT2D eigenvalue weighted by molar-refractivity contribution is 0.0699. The molecule has 0 bridgehead atoms. The van der Waals surface area contributed by atoms with Crippen molar-refractivity contribution in [3.05, 3.63) is 33.5 Å². The molecule has 0 fully saturated rings. The van der Waals surface area contributed by atoms with Crippen LogP contribution in [0.1, 0.15) is 10.4 Å². The Kier molecular flexibility index (Phi) is 1.66. The Bertz CT molecular complexity index is 522. The van der Waals surface area contributed by atoms with E-state index in [1.54, 1.807) is 12.1 Å². The van der Waals surface area contributed by atoms with Crippen LogP contribution in [0.3, 0.4) is 0 Å². The molecular weight excluding hydrogens is 192 g/mol. The summed E-state index contributed by atoms with van der Waals surface area (Å²) in [5.74, 6) is -1.05. The van der Waals surface area contributed by atoms with Gasteiger partial charge in [0.25, 0.3) is 0 Å². The first-order valence-corrected chi connectivity index (χ1v) is 4.26. The van der Waals surface area contributed by atoms with Gasteiger partial charge in [0.1, 0.15) is 5.58 Å². The normalized spacial score (nSPS) is 10.5. The number of carboxylic acid groups (broad SMARTS) is 1. The second-order valence-electron chi connectivity index (χ2n) is 2.39. The largest absolute Gasteiger partial charge is 0.478 e. The van der Waals surface area contributed by atoms with Crippen LogP contribution in [-0.2, 0) is 0 Å². The van der Waals surface area contributed by atoms with Gasteiger partial charge in [-0.1, -0.05) is 17.4 Å². The van der Waals surface area contributed by atoms with Crippen LogP contribution >= 0.6 is 11.3 Å². The molecule has 0 aliphatic rings. The standard InChI is InChI=1S/C8H4O4S/c9-7(10)4-2-1-3-5-6(4)13-8(11)12-5/h1-3H,(H,9,10). The molecule has 0 unspecified atom stereocenters. The number of rotatable bonds is 1. The molecule has 0 spiro atoms. The van der Waals surface area contributed by atoms with Crippen LogP contribution in [0.25, 0.3) is 10.3 Å². The highest BCUT2D eigenvalue weighted by Crippen LogP contribution is 2.21. The van der Waals surface area contributed by atoms with Crippen LogP contribution in [0, 0.1) is 0 Å². The minimum atomic E-state index is -1.05. The molecule has 5 heteroatoms. The van der Waals surface area contributed by atoms with Crippen molar-refractivity contribution in [2.24, 2.45) is 0 Å². The molecule has 0 aliphatic carbocycles. The molecule has 0 atom stereocenters. The predicted octanol–water partition coefficient (Wildman–Crippen LogP) is 1.55. The lowest BCUT2D eigenvalue weighted by Crippen LogP contribution is -1.94. The van der Waals surface area contributed by atoms with Crippen molar-refractivity contribution in [2.45, 2.75) is 0 Å². The first-order chi connectivity index (χ1) is 6.18. The Hall–Kier alpha value is -1.62. The molecule has 1 heterocycles. The molecular formula is C8H4O4S. The van der Waals surface area contributed by atoms with E-state index in [9.17, 15) is 9.59 Å². The molecule has 0 saturated carbocycles. The number of hydrogen-bond donors (Lipinski definition) is 1. The summed E-state index contributed by atoms with van der Waals surface area (Å²) < 4.78 is 5.15. The Balaban J connectivity index is 2.90. The maximum Gasteiger partial charge on any atom is 0.396 e. The molecule has 0 radical (unpaired) electrons. The number of carboxylic acids is 1. The van der Waals surface area contributed by atoms with Crippen LogP contribution in [0.2, 0.25) is 0 Å². The van der Waals surface area contributed by atoms with E-state index in [1.165, 1.54) is 6.07 Å². The fraction of sp³-hybridized carbons (Fsp3) is 0. The maximum absolute atomic E-state index is 10.8. The Morgan fingerprint density at radius 1 is 1.46 bits per heavy atom. The summed E-state index contributed by atoms with van der Waals surface area (Å²) in [5, 5.41) is 8.76. The lowest BCUT2D eigenvalue weighted by Gasteiger charge is -1.92. The average molecular weight is 196 g/mol. The fourth-order valence-electron chi connectivity index (χ4n) is 1.06. The molecule has 4 nitrogen and oxygen atoms in total. The quantitative estimate of drug-likeness (QED) is 0.751. The van der Waals surface area contributed by atoms with Crippen LogP contribution in [0.15, 0.2) is 27.4 Å². The van der Waals surface area contributed by atoms with Crippen LogP contribution in [0.4, 0.5) is 0 Å². The van der Waals surface area contributed by atoms with Crippen molar-refractivity contribution >= 4 is 27.6 Å². The summed E-state index contributed by atoms with van der Waals surface area (Å²) in [7, 11) is 0. The zero-order valence-corrected chi connectivity index (χ0v) is 7.13. The molecule has 2 aromatic rings. The van der Waals surface area contributed by atoms with Gasteiger partial charge in [0.2, 0.25) is 0 Å². The van der Waals surface area contributed by atoms with Crippen molar-refractivity contribution in [1.82, 2.24) is 0 Å². The van der Waals surface area contributed by atoms with Gasteiger partial charge in [-0.3, -0.25) is 0 Å². The number of aromatic carboxylic acids is 1. The molecule has 1 aromatic heterocycles. The third kappa shape index (κ3) is 1.23. The molecule has 66 valence electrons. The van der Waals surface area contributed by atoms with E-state index < -0.39 is 10.9 Å². The summed E-state index contributed by atoms with van der Waals surface area (Å²) in [5.41, 5.74) is 0.434. The van der Waals surface area contributed by atoms with Crippen molar-refractivity contribution in [3.63, 3.8) is 0 Å². The monoisotopic (exact) mass is 196 g/mol. The van der Waals surface area contributed by atoms with E-state index in [1.807, 2.05) is 0 Å². The Morgan fingerprint density at radius 3 is 2.92 bits per heavy atom. The highest BCUT2D eigenvalue weighted by atomic mass is 32.1. The number of hydrogen-bond acceptors (Lipinski definition) is 4. The van der Waals surface area contributed by atoms with E-state index in [4.69, 9.17) is 9.52 Å². The third-order valence-electron chi connectivity index (χ3n) is 1.59. The van der Waals surface area contributed by atoms with Crippen molar-refractivity contribution in [1.29, 1.82) is 0 Å². The average Bonchev–Trinajstić information content (AvgIpc) is 2.43. The molecule has 1 N–H and O–H groups in total. The zero-order chi connectivity index (χ0) is 9.42. The molecule has 1 aromatic carbocycles. The molecule has 0 saturated heterocycles. The van der Waals surface area contributed by atoms with Crippen molar-refractivity contribution in [2.75, 3.05) is 0 Å². The molecule has 0 aliphatic heterocycles. The third-order valence-corrected chi connectivity index (χ3v) is 2.46. The van der Waals surface area contributed by atoms with Gasteiger partial charge in [-0.25, -0.2) is 9.59 Å². The lowest BCUT2D eigenvalue weighted by atomic mass is 10.2. The topological polar surface area (TPSA) is 67.5 Å². The van der Waals surface area contributed by atoms with Crippen molar-refractivity contribution < 1.29 is 14.3 Å². The van der Waals surface area contributed by atoms with Gasteiger partial charge in [0.05, 0.1) is 10.3 Å². The highest BCUT2D eigenvalue weighted by molar-refractivity contribution is 7.16. The van der Waals surface area contributed by atoms with Gasteiger partial charge < -0.3 is 9.52 Å². The minimum absolute atomic E-state index is 0.105. The Labute approximate surface area is 76.0 Å². The maximum atomic E-state index is 10.8. The van der Waals surface area contributed by atoms with Gasteiger partial charge >= 0.3 is 10.9 Å².